The predicted molar refractivity (Wildman–Crippen MR) is 118 cm³/mol. The Morgan fingerprint density at radius 3 is 2.33 bits per heavy atom. The summed E-state index contributed by atoms with van der Waals surface area (Å²) < 4.78 is 0. The topological polar surface area (TPSA) is 32.3 Å². The summed E-state index contributed by atoms with van der Waals surface area (Å²) in [4.78, 5) is 0. The van der Waals surface area contributed by atoms with Crippen LogP contribution in [0.3, 0.4) is 0 Å². The van der Waals surface area contributed by atoms with Gasteiger partial charge >= 0.3 is 0 Å². The number of hydrogen-bond acceptors (Lipinski definition) is 2. The largest absolute Gasteiger partial charge is 0.507 e. The smallest absolute Gasteiger partial charge is 0.127 e. The molecule has 0 bridgehead atoms. The lowest BCUT2D eigenvalue weighted by atomic mass is 9.92. The van der Waals surface area contributed by atoms with Crippen molar-refractivity contribution in [2.45, 2.75) is 32.0 Å². The van der Waals surface area contributed by atoms with E-state index in [-0.39, 0.29) is 5.16 Å². The molecule has 0 saturated carbocycles. The van der Waals surface area contributed by atoms with Gasteiger partial charge in [0.1, 0.15) is 5.75 Å². The molecule has 0 heterocycles. The van der Waals surface area contributed by atoms with Gasteiger partial charge in [-0.1, -0.05) is 95.2 Å². The van der Waals surface area contributed by atoms with Crippen LogP contribution in [0, 0.1) is 0 Å². The number of phenols is 1. The SMILES string of the molecule is CCC(C)(Pc1ccccc1CNC)c1cccc(-c2ccccc2)c1O. The Balaban J connectivity index is 2.03. The van der Waals surface area contributed by atoms with E-state index in [1.165, 1.54) is 10.9 Å². The van der Waals surface area contributed by atoms with Crippen LogP contribution in [0.5, 0.6) is 5.75 Å². The number of rotatable bonds is 7. The summed E-state index contributed by atoms with van der Waals surface area (Å²) in [5, 5.41) is 15.7. The standard InChI is InChI=1S/C24H28NOP/c1-4-24(2,27-22-16-9-8-13-19(22)17-25-3)21-15-10-14-20(23(21)26)18-11-6-5-7-12-18/h5-16,25-27H,4,17H2,1-3H3. The molecule has 3 rings (SSSR count). The van der Waals surface area contributed by atoms with Crippen molar-refractivity contribution in [3.8, 4) is 16.9 Å². The van der Waals surface area contributed by atoms with E-state index in [9.17, 15) is 5.11 Å². The number of nitrogens with one attached hydrogen (secondary N) is 1. The lowest BCUT2D eigenvalue weighted by Gasteiger charge is -2.31. The van der Waals surface area contributed by atoms with E-state index in [1.54, 1.807) is 0 Å². The third kappa shape index (κ3) is 4.24. The average molecular weight is 377 g/mol. The predicted octanol–water partition coefficient (Wildman–Crippen LogP) is 5.41. The van der Waals surface area contributed by atoms with Gasteiger partial charge in [-0.15, -0.1) is 0 Å². The first-order valence-electron chi connectivity index (χ1n) is 9.47. The highest BCUT2D eigenvalue weighted by Crippen LogP contribution is 2.49. The highest BCUT2D eigenvalue weighted by Gasteiger charge is 2.29. The minimum Gasteiger partial charge on any atom is -0.507 e. The number of para-hydroxylation sites is 1. The van der Waals surface area contributed by atoms with Crippen LogP contribution >= 0.6 is 8.58 Å². The van der Waals surface area contributed by atoms with Crippen LogP contribution in [0.2, 0.25) is 0 Å². The van der Waals surface area contributed by atoms with E-state index in [0.29, 0.717) is 14.3 Å². The first-order chi connectivity index (χ1) is 13.1. The van der Waals surface area contributed by atoms with Gasteiger partial charge in [0.05, 0.1) is 0 Å². The summed E-state index contributed by atoms with van der Waals surface area (Å²) in [6.45, 7) is 5.34. The molecule has 0 radical (unpaired) electrons. The molecule has 0 aliphatic carbocycles. The molecule has 0 amide bonds. The first-order valence-corrected chi connectivity index (χ1v) is 10.5. The third-order valence-corrected chi connectivity index (χ3v) is 7.15. The maximum absolute atomic E-state index is 11.2. The van der Waals surface area contributed by atoms with Crippen molar-refractivity contribution < 1.29 is 5.11 Å². The molecule has 3 aromatic rings. The molecule has 0 aromatic heterocycles. The fourth-order valence-corrected chi connectivity index (χ4v) is 5.09. The Bertz CT molecular complexity index is 894. The second-order valence-corrected chi connectivity index (χ2v) is 8.96. The monoisotopic (exact) mass is 377 g/mol. The molecule has 0 aliphatic rings. The first kappa shape index (κ1) is 19.6. The van der Waals surface area contributed by atoms with E-state index in [0.717, 1.165) is 29.7 Å². The Morgan fingerprint density at radius 2 is 1.63 bits per heavy atom. The zero-order chi connectivity index (χ0) is 19.3. The minimum atomic E-state index is -0.112. The van der Waals surface area contributed by atoms with Gasteiger partial charge in [0.2, 0.25) is 0 Å². The number of hydrogen-bond donors (Lipinski definition) is 2. The molecular formula is C24H28NOP. The molecule has 140 valence electrons. The van der Waals surface area contributed by atoms with Gasteiger partial charge in [-0.25, -0.2) is 0 Å². The van der Waals surface area contributed by atoms with Crippen LogP contribution in [0.25, 0.3) is 11.1 Å². The molecule has 3 heteroatoms. The van der Waals surface area contributed by atoms with Crippen molar-refractivity contribution in [2.24, 2.45) is 0 Å². The molecule has 0 fully saturated rings. The zero-order valence-corrected chi connectivity index (χ0v) is 17.3. The summed E-state index contributed by atoms with van der Waals surface area (Å²) in [7, 11) is 2.57. The van der Waals surface area contributed by atoms with E-state index >= 15 is 0 Å². The van der Waals surface area contributed by atoms with E-state index < -0.39 is 0 Å². The molecular weight excluding hydrogens is 349 g/mol. The van der Waals surface area contributed by atoms with Gasteiger partial charge < -0.3 is 10.4 Å². The van der Waals surface area contributed by atoms with Gasteiger partial charge in [-0.3, -0.25) is 0 Å². The molecule has 2 unspecified atom stereocenters. The van der Waals surface area contributed by atoms with Gasteiger partial charge in [-0.2, -0.15) is 0 Å². The molecule has 2 nitrogen and oxygen atoms in total. The van der Waals surface area contributed by atoms with Crippen LogP contribution in [0.4, 0.5) is 0 Å². The highest BCUT2D eigenvalue weighted by molar-refractivity contribution is 7.48. The number of aromatic hydroxyl groups is 1. The fraction of sp³-hybridized carbons (Fsp3) is 0.250. The van der Waals surface area contributed by atoms with Crippen molar-refractivity contribution in [2.75, 3.05) is 7.05 Å². The molecule has 2 atom stereocenters. The van der Waals surface area contributed by atoms with Crippen molar-refractivity contribution >= 4 is 13.9 Å². The Hall–Kier alpha value is -2.15. The Morgan fingerprint density at radius 1 is 0.926 bits per heavy atom. The second-order valence-electron chi connectivity index (χ2n) is 7.07. The summed E-state index contributed by atoms with van der Waals surface area (Å²) in [6, 6.07) is 24.9. The number of benzene rings is 3. The summed E-state index contributed by atoms with van der Waals surface area (Å²) in [5.74, 6) is 0.409. The van der Waals surface area contributed by atoms with Crippen LogP contribution in [0.1, 0.15) is 31.4 Å². The molecule has 0 aliphatic heterocycles. The quantitative estimate of drug-likeness (QED) is 0.540. The van der Waals surface area contributed by atoms with Crippen molar-refractivity contribution in [1.82, 2.24) is 5.32 Å². The average Bonchev–Trinajstić information content (AvgIpc) is 2.70. The lowest BCUT2D eigenvalue weighted by molar-refractivity contribution is 0.459. The molecule has 3 aromatic carbocycles. The van der Waals surface area contributed by atoms with E-state index in [2.05, 4.69) is 55.6 Å². The van der Waals surface area contributed by atoms with Gasteiger partial charge in [0.25, 0.3) is 0 Å². The van der Waals surface area contributed by atoms with Crippen molar-refractivity contribution in [3.63, 3.8) is 0 Å². The van der Waals surface area contributed by atoms with Gasteiger partial charge in [-0.05, 0) is 29.9 Å². The lowest BCUT2D eigenvalue weighted by Crippen LogP contribution is -2.21. The van der Waals surface area contributed by atoms with Crippen LogP contribution in [-0.4, -0.2) is 12.2 Å². The highest BCUT2D eigenvalue weighted by atomic mass is 31.1. The second kappa shape index (κ2) is 8.69. The number of phenolic OH excluding ortho intramolecular Hbond substituents is 1. The molecule has 2 N–H and O–H groups in total. The zero-order valence-electron chi connectivity index (χ0n) is 16.3. The third-order valence-electron chi connectivity index (χ3n) is 5.22. The minimum absolute atomic E-state index is 0.112. The Labute approximate surface area is 164 Å². The van der Waals surface area contributed by atoms with Crippen LogP contribution < -0.4 is 10.6 Å². The fourth-order valence-electron chi connectivity index (χ4n) is 3.47. The maximum Gasteiger partial charge on any atom is 0.127 e. The van der Waals surface area contributed by atoms with E-state index in [1.807, 2.05) is 43.4 Å². The molecule has 27 heavy (non-hydrogen) atoms. The maximum atomic E-state index is 11.2. The van der Waals surface area contributed by atoms with E-state index in [4.69, 9.17) is 0 Å². The molecule has 0 saturated heterocycles. The van der Waals surface area contributed by atoms with Crippen LogP contribution in [0.15, 0.2) is 72.8 Å². The van der Waals surface area contributed by atoms with Gasteiger partial charge in [0, 0.05) is 22.8 Å². The van der Waals surface area contributed by atoms with Crippen molar-refractivity contribution in [3.05, 3.63) is 83.9 Å². The molecule has 0 spiro atoms. The summed E-state index contributed by atoms with van der Waals surface area (Å²) in [6.07, 6.45) is 0.963. The van der Waals surface area contributed by atoms with Crippen molar-refractivity contribution in [1.29, 1.82) is 0 Å². The summed E-state index contributed by atoms with van der Waals surface area (Å²) >= 11 is 0. The van der Waals surface area contributed by atoms with Crippen LogP contribution in [-0.2, 0) is 11.7 Å². The van der Waals surface area contributed by atoms with Gasteiger partial charge in [0.15, 0.2) is 0 Å². The normalized spacial score (nSPS) is 13.7. The Kier molecular flexibility index (Phi) is 6.31. The summed E-state index contributed by atoms with van der Waals surface area (Å²) in [5.41, 5.74) is 4.32.